The number of esters is 1. The normalized spacial score (nSPS) is 20.1. The number of hydrogen-bond donors (Lipinski definition) is 0. The topological polar surface area (TPSA) is 60.4 Å². The van der Waals surface area contributed by atoms with Crippen molar-refractivity contribution < 1.29 is 19.1 Å². The van der Waals surface area contributed by atoms with Crippen LogP contribution in [0.15, 0.2) is 51.4 Å². The highest BCUT2D eigenvalue weighted by Crippen LogP contribution is 2.44. The second-order valence-corrected chi connectivity index (χ2v) is 8.21. The lowest BCUT2D eigenvalue weighted by Crippen LogP contribution is -2.40. The fourth-order valence-electron chi connectivity index (χ4n) is 3.39. The number of Topliss-reactive ketones (excluding diaryl/α,β-unsaturated/α-hetero) is 2. The number of benzene rings is 2. The van der Waals surface area contributed by atoms with Crippen molar-refractivity contribution in [3.63, 3.8) is 0 Å². The van der Waals surface area contributed by atoms with Crippen LogP contribution in [0.3, 0.4) is 0 Å². The zero-order valence-corrected chi connectivity index (χ0v) is 17.3. The maximum atomic E-state index is 13.0. The number of carbonyl (C=O) groups excluding carboxylic acids is 3. The Kier molecular flexibility index (Phi) is 5.44. The summed E-state index contributed by atoms with van der Waals surface area (Å²) in [6, 6.07) is 12.3. The van der Waals surface area contributed by atoms with E-state index in [2.05, 4.69) is 31.9 Å². The minimum atomic E-state index is -0.994. The average Bonchev–Trinajstić information content (AvgIpc) is 2.60. The summed E-state index contributed by atoms with van der Waals surface area (Å²) in [4.78, 5) is 37.7. The molecule has 1 heterocycles. The third-order valence-corrected chi connectivity index (χ3v) is 5.70. The van der Waals surface area contributed by atoms with Crippen molar-refractivity contribution in [2.45, 2.75) is 19.8 Å². The van der Waals surface area contributed by atoms with Crippen molar-refractivity contribution in [3.05, 3.63) is 62.5 Å². The molecule has 0 bridgehead atoms. The van der Waals surface area contributed by atoms with Crippen LogP contribution in [-0.2, 0) is 9.59 Å². The van der Waals surface area contributed by atoms with Crippen LogP contribution in [0.25, 0.3) is 0 Å². The molecule has 0 unspecified atom stereocenters. The molecule has 6 heteroatoms. The second-order valence-electron chi connectivity index (χ2n) is 6.38. The van der Waals surface area contributed by atoms with Crippen molar-refractivity contribution in [1.82, 2.24) is 0 Å². The van der Waals surface area contributed by atoms with E-state index in [9.17, 15) is 14.4 Å². The number of halogens is 2. The third kappa shape index (κ3) is 3.53. The SMILES string of the molecule is CC(=O)[C@H]1C(=O)Oc2ccc(Br)cc2[C@H]1[C@H](C)C(=O)c1ccc(Br)cc1. The molecule has 134 valence electrons. The number of hydrogen-bond acceptors (Lipinski definition) is 4. The molecule has 2 aromatic carbocycles. The largest absolute Gasteiger partial charge is 0.426 e. The Morgan fingerprint density at radius 1 is 1.04 bits per heavy atom. The first-order chi connectivity index (χ1) is 12.3. The molecule has 1 aliphatic heterocycles. The monoisotopic (exact) mass is 478 g/mol. The number of ketones is 2. The molecule has 2 aromatic rings. The van der Waals surface area contributed by atoms with Crippen LogP contribution in [0, 0.1) is 11.8 Å². The Balaban J connectivity index is 2.07. The summed E-state index contributed by atoms with van der Waals surface area (Å²) in [6.07, 6.45) is 0. The minimum absolute atomic E-state index is 0.116. The summed E-state index contributed by atoms with van der Waals surface area (Å²) >= 11 is 6.77. The summed E-state index contributed by atoms with van der Waals surface area (Å²) in [7, 11) is 0. The summed E-state index contributed by atoms with van der Waals surface area (Å²) in [5.74, 6) is -2.76. The van der Waals surface area contributed by atoms with Crippen molar-refractivity contribution >= 4 is 49.4 Å². The molecular formula is C20H16Br2O4. The molecule has 26 heavy (non-hydrogen) atoms. The summed E-state index contributed by atoms with van der Waals surface area (Å²) < 4.78 is 7.01. The number of fused-ring (bicyclic) bond motifs is 1. The van der Waals surface area contributed by atoms with Gasteiger partial charge in [-0.05, 0) is 37.3 Å². The number of rotatable bonds is 4. The average molecular weight is 480 g/mol. The first-order valence-electron chi connectivity index (χ1n) is 8.11. The molecule has 0 aromatic heterocycles. The van der Waals surface area contributed by atoms with Gasteiger partial charge in [-0.15, -0.1) is 0 Å². The van der Waals surface area contributed by atoms with Crippen molar-refractivity contribution in [2.24, 2.45) is 11.8 Å². The molecule has 0 spiro atoms. The molecule has 3 atom stereocenters. The maximum Gasteiger partial charge on any atom is 0.322 e. The lowest BCUT2D eigenvalue weighted by atomic mass is 9.72. The van der Waals surface area contributed by atoms with Gasteiger partial charge in [0.15, 0.2) is 5.78 Å². The minimum Gasteiger partial charge on any atom is -0.426 e. The first-order valence-corrected chi connectivity index (χ1v) is 9.69. The van der Waals surface area contributed by atoms with Crippen LogP contribution < -0.4 is 4.74 Å². The molecule has 0 saturated heterocycles. The van der Waals surface area contributed by atoms with Crippen LogP contribution in [-0.4, -0.2) is 17.5 Å². The number of ether oxygens (including phenoxy) is 1. The van der Waals surface area contributed by atoms with E-state index in [1.54, 1.807) is 43.3 Å². The molecule has 0 aliphatic carbocycles. The third-order valence-electron chi connectivity index (χ3n) is 4.67. The highest BCUT2D eigenvalue weighted by atomic mass is 79.9. The highest BCUT2D eigenvalue weighted by Gasteiger charge is 2.45. The Labute approximate surface area is 168 Å². The van der Waals surface area contributed by atoms with Gasteiger partial charge in [0.05, 0.1) is 0 Å². The molecule has 0 amide bonds. The lowest BCUT2D eigenvalue weighted by Gasteiger charge is -2.34. The van der Waals surface area contributed by atoms with Gasteiger partial charge in [-0.25, -0.2) is 0 Å². The molecule has 0 N–H and O–H groups in total. The summed E-state index contributed by atoms with van der Waals surface area (Å²) in [5, 5.41) is 0. The highest BCUT2D eigenvalue weighted by molar-refractivity contribution is 9.10. The van der Waals surface area contributed by atoms with Gasteiger partial charge in [0.1, 0.15) is 17.5 Å². The van der Waals surface area contributed by atoms with Gasteiger partial charge in [0.2, 0.25) is 0 Å². The predicted octanol–water partition coefficient (Wildman–Crippen LogP) is 4.94. The van der Waals surface area contributed by atoms with E-state index in [-0.39, 0.29) is 11.6 Å². The smallest absolute Gasteiger partial charge is 0.322 e. The van der Waals surface area contributed by atoms with E-state index in [0.29, 0.717) is 16.9 Å². The van der Waals surface area contributed by atoms with E-state index in [1.807, 2.05) is 6.07 Å². The lowest BCUT2D eigenvalue weighted by molar-refractivity contribution is -0.146. The second kappa shape index (κ2) is 7.45. The van der Waals surface area contributed by atoms with Crippen molar-refractivity contribution in [2.75, 3.05) is 0 Å². The van der Waals surface area contributed by atoms with Gasteiger partial charge in [0.25, 0.3) is 0 Å². The zero-order valence-electron chi connectivity index (χ0n) is 14.2. The fraction of sp³-hybridized carbons (Fsp3) is 0.250. The Bertz CT molecular complexity index is 889. The van der Waals surface area contributed by atoms with Gasteiger partial charge >= 0.3 is 5.97 Å². The van der Waals surface area contributed by atoms with Gasteiger partial charge in [-0.1, -0.05) is 50.9 Å². The van der Waals surface area contributed by atoms with Crippen LogP contribution in [0.5, 0.6) is 5.75 Å². The van der Waals surface area contributed by atoms with Crippen molar-refractivity contribution in [3.8, 4) is 5.75 Å². The molecule has 0 saturated carbocycles. The Hall–Kier alpha value is -1.79. The maximum absolute atomic E-state index is 13.0. The Morgan fingerprint density at radius 2 is 1.65 bits per heavy atom. The van der Waals surface area contributed by atoms with Crippen LogP contribution >= 0.6 is 31.9 Å². The number of carbonyl (C=O) groups is 3. The van der Waals surface area contributed by atoms with Gasteiger partial charge in [0, 0.05) is 31.9 Å². The molecular weight excluding hydrogens is 464 g/mol. The van der Waals surface area contributed by atoms with E-state index in [4.69, 9.17) is 4.74 Å². The molecule has 0 fully saturated rings. The zero-order chi connectivity index (χ0) is 19.0. The molecule has 3 rings (SSSR count). The summed E-state index contributed by atoms with van der Waals surface area (Å²) in [5.41, 5.74) is 1.23. The van der Waals surface area contributed by atoms with Crippen molar-refractivity contribution in [1.29, 1.82) is 0 Å². The van der Waals surface area contributed by atoms with Crippen LogP contribution in [0.4, 0.5) is 0 Å². The standard InChI is InChI=1S/C20H16Br2O4/c1-10(19(24)12-3-5-13(21)6-4-12)17-15-9-14(22)7-8-16(15)26-20(25)18(17)11(2)23/h3-10,17-18H,1-2H3/t10-,17+,18+/m0/s1. The van der Waals surface area contributed by atoms with E-state index in [1.165, 1.54) is 6.92 Å². The van der Waals surface area contributed by atoms with Gasteiger partial charge in [-0.3, -0.25) is 14.4 Å². The Morgan fingerprint density at radius 3 is 2.27 bits per heavy atom. The van der Waals surface area contributed by atoms with Crippen LogP contribution in [0.1, 0.15) is 35.7 Å². The first kappa shape index (κ1) is 19.0. The molecule has 1 aliphatic rings. The van der Waals surface area contributed by atoms with E-state index >= 15 is 0 Å². The molecule has 4 nitrogen and oxygen atoms in total. The predicted molar refractivity (Wildman–Crippen MR) is 104 cm³/mol. The summed E-state index contributed by atoms with van der Waals surface area (Å²) in [6.45, 7) is 3.12. The van der Waals surface area contributed by atoms with Gasteiger partial charge in [-0.2, -0.15) is 0 Å². The molecule has 0 radical (unpaired) electrons. The quantitative estimate of drug-likeness (QED) is 0.270. The fourth-order valence-corrected chi connectivity index (χ4v) is 4.03. The van der Waals surface area contributed by atoms with Crippen LogP contribution in [0.2, 0.25) is 0 Å². The van der Waals surface area contributed by atoms with E-state index < -0.39 is 23.7 Å². The van der Waals surface area contributed by atoms with Gasteiger partial charge < -0.3 is 4.74 Å². The van der Waals surface area contributed by atoms with E-state index in [0.717, 1.165) is 8.95 Å².